The van der Waals surface area contributed by atoms with Gasteiger partial charge >= 0.3 is 6.09 Å². The second kappa shape index (κ2) is 8.54. The van der Waals surface area contributed by atoms with Gasteiger partial charge in [0.2, 0.25) is 0 Å². The van der Waals surface area contributed by atoms with E-state index in [4.69, 9.17) is 9.84 Å². The van der Waals surface area contributed by atoms with Gasteiger partial charge in [-0.05, 0) is 54.8 Å². The fraction of sp³-hybridized carbons (Fsp3) is 0.692. The first-order valence-electron chi connectivity index (χ1n) is 7.19. The van der Waals surface area contributed by atoms with Gasteiger partial charge in [-0.2, -0.15) is 5.10 Å². The first-order valence-corrected chi connectivity index (χ1v) is 8.27. The molecule has 8 heteroatoms. The molecule has 0 bridgehead atoms. The van der Waals surface area contributed by atoms with Crippen LogP contribution in [0.2, 0.25) is 0 Å². The molecule has 2 heterocycles. The van der Waals surface area contributed by atoms with Crippen LogP contribution in [0.5, 0.6) is 0 Å². The van der Waals surface area contributed by atoms with Crippen molar-refractivity contribution in [2.75, 3.05) is 26.2 Å². The summed E-state index contributed by atoms with van der Waals surface area (Å²) in [6.07, 6.45) is 5.38. The number of hydrogen-bond acceptors (Lipinski definition) is 4. The SMILES string of the molecule is O=C(O)NCCNCCc1cn(C2CCCCO2)nc1I. The molecule has 0 spiro atoms. The number of ether oxygens (including phenoxy) is 1. The Balaban J connectivity index is 1.73. The summed E-state index contributed by atoms with van der Waals surface area (Å²) in [6.45, 7) is 2.66. The Morgan fingerprint density at radius 3 is 3.05 bits per heavy atom. The number of nitrogens with zero attached hydrogens (tertiary/aromatic N) is 2. The van der Waals surface area contributed by atoms with E-state index in [2.05, 4.69) is 44.5 Å². The highest BCUT2D eigenvalue weighted by Crippen LogP contribution is 2.23. The van der Waals surface area contributed by atoms with Crippen LogP contribution in [0.1, 0.15) is 31.1 Å². The molecule has 1 aliphatic rings. The standard InChI is InChI=1S/C13H21IN4O3/c14-12-10(4-5-15-6-7-16-13(19)20)9-18(17-12)11-3-1-2-8-21-11/h9,11,15-16H,1-8H2,(H,19,20). The molecule has 0 aliphatic carbocycles. The molecule has 1 aromatic heterocycles. The van der Waals surface area contributed by atoms with Gasteiger partial charge in [0.1, 0.15) is 9.93 Å². The van der Waals surface area contributed by atoms with Crippen molar-refractivity contribution in [3.8, 4) is 0 Å². The Bertz CT molecular complexity index is 460. The van der Waals surface area contributed by atoms with Crippen molar-refractivity contribution in [1.29, 1.82) is 0 Å². The summed E-state index contributed by atoms with van der Waals surface area (Å²) in [4.78, 5) is 10.3. The fourth-order valence-electron chi connectivity index (χ4n) is 2.26. The zero-order valence-corrected chi connectivity index (χ0v) is 14.0. The molecule has 7 nitrogen and oxygen atoms in total. The highest BCUT2D eigenvalue weighted by atomic mass is 127. The summed E-state index contributed by atoms with van der Waals surface area (Å²) in [5, 5.41) is 18.5. The van der Waals surface area contributed by atoms with Crippen LogP contribution in [0.4, 0.5) is 4.79 Å². The van der Waals surface area contributed by atoms with Crippen LogP contribution < -0.4 is 10.6 Å². The van der Waals surface area contributed by atoms with Gasteiger partial charge in [-0.1, -0.05) is 0 Å². The summed E-state index contributed by atoms with van der Waals surface area (Å²) in [5.74, 6) is 0. The molecule has 1 aliphatic heterocycles. The minimum atomic E-state index is -0.986. The van der Waals surface area contributed by atoms with Gasteiger partial charge in [-0.25, -0.2) is 9.48 Å². The number of carbonyl (C=O) groups is 1. The van der Waals surface area contributed by atoms with E-state index in [1.165, 1.54) is 12.0 Å². The molecule has 1 aromatic rings. The van der Waals surface area contributed by atoms with Gasteiger partial charge in [0, 0.05) is 31.5 Å². The fourth-order valence-corrected chi connectivity index (χ4v) is 2.92. The Morgan fingerprint density at radius 2 is 2.33 bits per heavy atom. The zero-order chi connectivity index (χ0) is 15.1. The first kappa shape index (κ1) is 16.5. The van der Waals surface area contributed by atoms with Crippen molar-refractivity contribution >= 4 is 28.7 Å². The third-order valence-electron chi connectivity index (χ3n) is 3.36. The Hall–Kier alpha value is -0.870. The predicted molar refractivity (Wildman–Crippen MR) is 86.4 cm³/mol. The summed E-state index contributed by atoms with van der Waals surface area (Å²) in [7, 11) is 0. The van der Waals surface area contributed by atoms with Gasteiger partial charge < -0.3 is 20.5 Å². The molecule has 21 heavy (non-hydrogen) atoms. The van der Waals surface area contributed by atoms with Gasteiger partial charge in [0.05, 0.1) is 0 Å². The average Bonchev–Trinajstić information content (AvgIpc) is 2.85. The maximum atomic E-state index is 10.3. The van der Waals surface area contributed by atoms with Crippen molar-refractivity contribution < 1.29 is 14.6 Å². The molecule has 1 amide bonds. The molecule has 118 valence electrons. The van der Waals surface area contributed by atoms with Crippen LogP contribution in [0.3, 0.4) is 0 Å². The van der Waals surface area contributed by atoms with Crippen LogP contribution in [-0.2, 0) is 11.2 Å². The lowest BCUT2D eigenvalue weighted by Crippen LogP contribution is -2.31. The van der Waals surface area contributed by atoms with E-state index < -0.39 is 6.09 Å². The molecular formula is C13H21IN4O3. The molecule has 1 unspecified atom stereocenters. The largest absolute Gasteiger partial charge is 0.465 e. The Morgan fingerprint density at radius 1 is 1.48 bits per heavy atom. The summed E-state index contributed by atoms with van der Waals surface area (Å²) in [5.41, 5.74) is 1.20. The third-order valence-corrected chi connectivity index (χ3v) is 4.26. The minimum Gasteiger partial charge on any atom is -0.465 e. The molecule has 2 rings (SSSR count). The monoisotopic (exact) mass is 408 g/mol. The quantitative estimate of drug-likeness (QED) is 0.471. The van der Waals surface area contributed by atoms with E-state index in [-0.39, 0.29) is 6.23 Å². The van der Waals surface area contributed by atoms with Crippen LogP contribution in [-0.4, -0.2) is 47.2 Å². The smallest absolute Gasteiger partial charge is 0.404 e. The van der Waals surface area contributed by atoms with Crippen LogP contribution in [0, 0.1) is 3.70 Å². The van der Waals surface area contributed by atoms with E-state index >= 15 is 0 Å². The molecule has 1 fully saturated rings. The van der Waals surface area contributed by atoms with Gasteiger partial charge in [-0.3, -0.25) is 0 Å². The van der Waals surface area contributed by atoms with Crippen LogP contribution >= 0.6 is 22.6 Å². The highest BCUT2D eigenvalue weighted by molar-refractivity contribution is 14.1. The van der Waals surface area contributed by atoms with E-state index in [1.807, 2.05) is 4.68 Å². The van der Waals surface area contributed by atoms with Gasteiger partial charge in [-0.15, -0.1) is 0 Å². The molecule has 0 saturated carbocycles. The number of aromatic nitrogens is 2. The summed E-state index contributed by atoms with van der Waals surface area (Å²) < 4.78 is 8.67. The lowest BCUT2D eigenvalue weighted by atomic mass is 10.2. The molecule has 3 N–H and O–H groups in total. The topological polar surface area (TPSA) is 88.4 Å². The molecule has 0 radical (unpaired) electrons. The zero-order valence-electron chi connectivity index (χ0n) is 11.8. The van der Waals surface area contributed by atoms with Crippen molar-refractivity contribution in [3.05, 3.63) is 15.5 Å². The number of amides is 1. The first-order chi connectivity index (χ1) is 10.2. The molecule has 1 saturated heterocycles. The van der Waals surface area contributed by atoms with E-state index in [1.54, 1.807) is 0 Å². The van der Waals surface area contributed by atoms with E-state index in [9.17, 15) is 4.79 Å². The average molecular weight is 408 g/mol. The molecule has 1 atom stereocenters. The van der Waals surface area contributed by atoms with Crippen LogP contribution in [0.25, 0.3) is 0 Å². The minimum absolute atomic E-state index is 0.0775. The van der Waals surface area contributed by atoms with Gasteiger partial charge in [0.15, 0.2) is 0 Å². The number of hydrogen-bond donors (Lipinski definition) is 3. The Labute approximate surface area is 137 Å². The van der Waals surface area contributed by atoms with E-state index in [0.717, 1.165) is 36.1 Å². The van der Waals surface area contributed by atoms with Gasteiger partial charge in [0.25, 0.3) is 0 Å². The number of carboxylic acid groups (broad SMARTS) is 1. The lowest BCUT2D eigenvalue weighted by Gasteiger charge is -2.22. The normalized spacial score (nSPS) is 18.6. The Kier molecular flexibility index (Phi) is 6.71. The van der Waals surface area contributed by atoms with Crippen molar-refractivity contribution in [3.63, 3.8) is 0 Å². The summed E-state index contributed by atoms with van der Waals surface area (Å²) in [6, 6.07) is 0. The molecular weight excluding hydrogens is 387 g/mol. The second-order valence-electron chi connectivity index (χ2n) is 4.98. The number of nitrogens with one attached hydrogen (secondary N) is 2. The second-order valence-corrected chi connectivity index (χ2v) is 6.00. The maximum Gasteiger partial charge on any atom is 0.404 e. The highest BCUT2D eigenvalue weighted by Gasteiger charge is 2.18. The van der Waals surface area contributed by atoms with Crippen LogP contribution in [0.15, 0.2) is 6.20 Å². The maximum absolute atomic E-state index is 10.3. The van der Waals surface area contributed by atoms with E-state index in [0.29, 0.717) is 13.1 Å². The van der Waals surface area contributed by atoms with Crippen molar-refractivity contribution in [2.45, 2.75) is 31.9 Å². The third kappa shape index (κ3) is 5.44. The number of halogens is 1. The van der Waals surface area contributed by atoms with Crippen molar-refractivity contribution in [1.82, 2.24) is 20.4 Å². The predicted octanol–water partition coefficient (Wildman–Crippen LogP) is 1.59. The molecule has 0 aromatic carbocycles. The summed E-state index contributed by atoms with van der Waals surface area (Å²) >= 11 is 2.25. The number of rotatable bonds is 7. The van der Waals surface area contributed by atoms with Crippen molar-refractivity contribution in [2.24, 2.45) is 0 Å². The lowest BCUT2D eigenvalue weighted by molar-refractivity contribution is -0.0397.